The molecule has 3 heteroatoms. The van der Waals surface area contributed by atoms with Crippen molar-refractivity contribution in [1.29, 1.82) is 0 Å². The van der Waals surface area contributed by atoms with Gasteiger partial charge in [0.2, 0.25) is 0 Å². The molecule has 0 saturated heterocycles. The normalized spacial score (nSPS) is 19.0. The molecule has 0 aliphatic heterocycles. The summed E-state index contributed by atoms with van der Waals surface area (Å²) in [6.45, 7) is 5.33. The first kappa shape index (κ1) is 22.8. The third-order valence-electron chi connectivity index (χ3n) is 6.59. The first-order valence-electron chi connectivity index (χ1n) is 12.3. The van der Waals surface area contributed by atoms with Gasteiger partial charge in [0.15, 0.2) is 5.82 Å². The lowest BCUT2D eigenvalue weighted by Crippen LogP contribution is -2.15. The summed E-state index contributed by atoms with van der Waals surface area (Å²) in [7, 11) is 0. The van der Waals surface area contributed by atoms with Crippen LogP contribution in [0.1, 0.15) is 90.0 Å². The predicted molar refractivity (Wildman–Crippen MR) is 126 cm³/mol. The second kappa shape index (κ2) is 12.7. The molecule has 1 aliphatic rings. The minimum atomic E-state index is 0.788. The van der Waals surface area contributed by atoms with Crippen molar-refractivity contribution in [1.82, 2.24) is 9.97 Å². The van der Waals surface area contributed by atoms with Gasteiger partial charge in [0.1, 0.15) is 5.75 Å². The molecule has 0 N–H and O–H groups in total. The summed E-state index contributed by atoms with van der Waals surface area (Å²) >= 11 is 0. The zero-order valence-electron chi connectivity index (χ0n) is 19.1. The Morgan fingerprint density at radius 1 is 0.800 bits per heavy atom. The Hall–Kier alpha value is -1.90. The van der Waals surface area contributed by atoms with Crippen LogP contribution in [-0.4, -0.2) is 16.6 Å². The maximum atomic E-state index is 5.98. The van der Waals surface area contributed by atoms with Gasteiger partial charge in [-0.2, -0.15) is 0 Å². The van der Waals surface area contributed by atoms with E-state index in [0.717, 1.165) is 48.4 Å². The van der Waals surface area contributed by atoms with Crippen LogP contribution in [0.4, 0.5) is 0 Å². The average molecular weight is 409 g/mol. The Balaban J connectivity index is 1.35. The van der Waals surface area contributed by atoms with Gasteiger partial charge in [-0.3, -0.25) is 0 Å². The van der Waals surface area contributed by atoms with Crippen LogP contribution in [-0.2, 0) is 6.42 Å². The monoisotopic (exact) mass is 408 g/mol. The first-order valence-corrected chi connectivity index (χ1v) is 12.3. The topological polar surface area (TPSA) is 35.0 Å². The molecule has 0 amide bonds. The Morgan fingerprint density at radius 2 is 1.40 bits per heavy atom. The number of ether oxygens (including phenoxy) is 1. The Morgan fingerprint density at radius 3 is 2.00 bits per heavy atom. The molecule has 1 heterocycles. The fraction of sp³-hybridized carbons (Fsp3) is 0.630. The summed E-state index contributed by atoms with van der Waals surface area (Å²) in [6, 6.07) is 8.22. The Bertz CT molecular complexity index is 703. The highest BCUT2D eigenvalue weighted by atomic mass is 16.5. The standard InChI is InChI=1S/C27H40N2O/c1-3-5-8-22-11-13-23(14-12-22)10-7-19-30-26-17-15-25(16-18-26)27-28-20-24(21-29-27)9-6-4-2/h15-18,20-23H,3-14,19H2,1-2H3. The van der Waals surface area contributed by atoms with Gasteiger partial charge < -0.3 is 4.74 Å². The van der Waals surface area contributed by atoms with Crippen LogP contribution in [0, 0.1) is 11.8 Å². The minimum absolute atomic E-state index is 0.788. The molecule has 1 aliphatic carbocycles. The van der Waals surface area contributed by atoms with E-state index in [-0.39, 0.29) is 0 Å². The number of unbranched alkanes of at least 4 members (excludes halogenated alkanes) is 2. The largest absolute Gasteiger partial charge is 0.494 e. The van der Waals surface area contributed by atoms with E-state index < -0.39 is 0 Å². The van der Waals surface area contributed by atoms with E-state index in [2.05, 4.69) is 35.9 Å². The van der Waals surface area contributed by atoms with Crippen molar-refractivity contribution < 1.29 is 4.74 Å². The minimum Gasteiger partial charge on any atom is -0.494 e. The smallest absolute Gasteiger partial charge is 0.159 e. The highest BCUT2D eigenvalue weighted by Gasteiger charge is 2.20. The molecule has 1 saturated carbocycles. The van der Waals surface area contributed by atoms with Crippen LogP contribution in [0.15, 0.2) is 36.7 Å². The van der Waals surface area contributed by atoms with Gasteiger partial charge >= 0.3 is 0 Å². The number of hydrogen-bond donors (Lipinski definition) is 0. The molecule has 0 radical (unpaired) electrons. The van der Waals surface area contributed by atoms with Crippen molar-refractivity contribution in [2.45, 2.75) is 90.9 Å². The molecule has 3 rings (SSSR count). The van der Waals surface area contributed by atoms with Crippen LogP contribution in [0.2, 0.25) is 0 Å². The fourth-order valence-corrected chi connectivity index (χ4v) is 4.58. The Labute approximate surface area is 183 Å². The lowest BCUT2D eigenvalue weighted by atomic mass is 9.78. The molecular weight excluding hydrogens is 368 g/mol. The van der Waals surface area contributed by atoms with Gasteiger partial charge in [-0.15, -0.1) is 0 Å². The number of nitrogens with zero attached hydrogens (tertiary/aromatic N) is 2. The van der Waals surface area contributed by atoms with Crippen LogP contribution >= 0.6 is 0 Å². The summed E-state index contributed by atoms with van der Waals surface area (Å²) in [5, 5.41) is 0. The molecule has 1 aromatic carbocycles. The van der Waals surface area contributed by atoms with Crippen molar-refractivity contribution in [3.05, 3.63) is 42.2 Å². The summed E-state index contributed by atoms with van der Waals surface area (Å²) in [6.07, 6.45) is 19.8. The summed E-state index contributed by atoms with van der Waals surface area (Å²) in [4.78, 5) is 9.06. The van der Waals surface area contributed by atoms with Gasteiger partial charge in [-0.1, -0.05) is 65.2 Å². The van der Waals surface area contributed by atoms with E-state index in [1.807, 2.05) is 24.5 Å². The third-order valence-corrected chi connectivity index (χ3v) is 6.59. The van der Waals surface area contributed by atoms with Crippen molar-refractivity contribution in [3.63, 3.8) is 0 Å². The van der Waals surface area contributed by atoms with Crippen LogP contribution in [0.5, 0.6) is 5.75 Å². The van der Waals surface area contributed by atoms with E-state index in [1.165, 1.54) is 69.8 Å². The van der Waals surface area contributed by atoms with Crippen LogP contribution < -0.4 is 4.74 Å². The maximum Gasteiger partial charge on any atom is 0.159 e. The molecule has 30 heavy (non-hydrogen) atoms. The number of aromatic nitrogens is 2. The van der Waals surface area contributed by atoms with E-state index >= 15 is 0 Å². The molecule has 3 nitrogen and oxygen atoms in total. The van der Waals surface area contributed by atoms with Gasteiger partial charge in [0.25, 0.3) is 0 Å². The van der Waals surface area contributed by atoms with Crippen molar-refractivity contribution >= 4 is 0 Å². The van der Waals surface area contributed by atoms with E-state index in [9.17, 15) is 0 Å². The quantitative estimate of drug-likeness (QED) is 0.338. The SMILES string of the molecule is CCCCc1cnc(-c2ccc(OCCCC3CCC(CCCC)CC3)cc2)nc1. The second-order valence-electron chi connectivity index (χ2n) is 9.06. The molecule has 0 atom stereocenters. The van der Waals surface area contributed by atoms with Gasteiger partial charge in [-0.25, -0.2) is 9.97 Å². The predicted octanol–water partition coefficient (Wildman–Crippen LogP) is 7.64. The average Bonchev–Trinajstić information content (AvgIpc) is 2.81. The van der Waals surface area contributed by atoms with Gasteiger partial charge in [0.05, 0.1) is 6.61 Å². The molecule has 2 aromatic rings. The number of benzene rings is 1. The van der Waals surface area contributed by atoms with Crippen LogP contribution in [0.25, 0.3) is 11.4 Å². The van der Waals surface area contributed by atoms with E-state index in [0.29, 0.717) is 0 Å². The molecule has 0 spiro atoms. The molecule has 164 valence electrons. The van der Waals surface area contributed by atoms with E-state index in [4.69, 9.17) is 4.74 Å². The van der Waals surface area contributed by atoms with Crippen molar-refractivity contribution in [3.8, 4) is 17.1 Å². The molecular formula is C27H40N2O. The number of rotatable bonds is 12. The highest BCUT2D eigenvalue weighted by Crippen LogP contribution is 2.34. The molecule has 1 aromatic heterocycles. The fourth-order valence-electron chi connectivity index (χ4n) is 4.58. The zero-order chi connectivity index (χ0) is 21.0. The first-order chi connectivity index (χ1) is 14.8. The number of aryl methyl sites for hydroxylation is 1. The van der Waals surface area contributed by atoms with Gasteiger partial charge in [0, 0.05) is 18.0 Å². The van der Waals surface area contributed by atoms with Crippen molar-refractivity contribution in [2.75, 3.05) is 6.61 Å². The van der Waals surface area contributed by atoms with E-state index in [1.54, 1.807) is 0 Å². The molecule has 0 unspecified atom stereocenters. The van der Waals surface area contributed by atoms with Gasteiger partial charge in [-0.05, 0) is 67.3 Å². The lowest BCUT2D eigenvalue weighted by molar-refractivity contribution is 0.228. The summed E-state index contributed by atoms with van der Waals surface area (Å²) < 4.78 is 5.98. The summed E-state index contributed by atoms with van der Waals surface area (Å²) in [5.74, 6) is 3.66. The third kappa shape index (κ3) is 7.41. The van der Waals surface area contributed by atoms with Crippen LogP contribution in [0.3, 0.4) is 0 Å². The summed E-state index contributed by atoms with van der Waals surface area (Å²) in [5.41, 5.74) is 2.26. The Kier molecular flexibility index (Phi) is 9.66. The maximum absolute atomic E-state index is 5.98. The highest BCUT2D eigenvalue weighted by molar-refractivity contribution is 5.55. The molecule has 1 fully saturated rings. The lowest BCUT2D eigenvalue weighted by Gasteiger charge is -2.28. The zero-order valence-corrected chi connectivity index (χ0v) is 19.1. The molecule has 0 bridgehead atoms. The second-order valence-corrected chi connectivity index (χ2v) is 9.06. The number of hydrogen-bond acceptors (Lipinski definition) is 3. The van der Waals surface area contributed by atoms with Crippen molar-refractivity contribution in [2.24, 2.45) is 11.8 Å².